The van der Waals surface area contributed by atoms with E-state index >= 15 is 0 Å². The predicted molar refractivity (Wildman–Crippen MR) is 109 cm³/mol. The van der Waals surface area contributed by atoms with Crippen molar-refractivity contribution in [3.8, 4) is 0 Å². The molecule has 0 radical (unpaired) electrons. The second kappa shape index (κ2) is 9.37. The SMILES string of the molecule is CN(C1CCCCC1)S(=O)(=O)c1cccc(C(=O)N2CCCC2CN)c1.Cl. The lowest BCUT2D eigenvalue weighted by molar-refractivity contribution is 0.0741. The summed E-state index contributed by atoms with van der Waals surface area (Å²) < 4.78 is 27.6. The summed E-state index contributed by atoms with van der Waals surface area (Å²) in [6, 6.07) is 6.54. The lowest BCUT2D eigenvalue weighted by atomic mass is 9.96. The van der Waals surface area contributed by atoms with E-state index in [9.17, 15) is 13.2 Å². The van der Waals surface area contributed by atoms with E-state index < -0.39 is 10.0 Å². The molecule has 1 saturated carbocycles. The van der Waals surface area contributed by atoms with Crippen LogP contribution in [-0.2, 0) is 10.0 Å². The Balaban J connectivity index is 0.00000261. The van der Waals surface area contributed by atoms with Gasteiger partial charge in [0.05, 0.1) is 4.90 Å². The van der Waals surface area contributed by atoms with Gasteiger partial charge in [-0.2, -0.15) is 4.31 Å². The van der Waals surface area contributed by atoms with Crippen molar-refractivity contribution in [2.45, 2.75) is 61.9 Å². The summed E-state index contributed by atoms with van der Waals surface area (Å²) in [6.07, 6.45) is 6.96. The Labute approximate surface area is 168 Å². The van der Waals surface area contributed by atoms with Crippen LogP contribution in [0.25, 0.3) is 0 Å². The smallest absolute Gasteiger partial charge is 0.254 e. The molecule has 0 spiro atoms. The number of rotatable bonds is 5. The number of amides is 1. The van der Waals surface area contributed by atoms with Crippen LogP contribution in [0.5, 0.6) is 0 Å². The summed E-state index contributed by atoms with van der Waals surface area (Å²) in [7, 11) is -1.94. The van der Waals surface area contributed by atoms with E-state index in [1.807, 2.05) is 0 Å². The molecule has 0 aromatic heterocycles. The topological polar surface area (TPSA) is 83.7 Å². The van der Waals surface area contributed by atoms with E-state index in [-0.39, 0.29) is 35.3 Å². The van der Waals surface area contributed by atoms with E-state index in [1.165, 1.54) is 16.8 Å². The third kappa shape index (κ3) is 4.65. The maximum atomic E-state index is 13.0. The highest BCUT2D eigenvalue weighted by Gasteiger charge is 2.31. The molecule has 1 unspecified atom stereocenters. The fourth-order valence-electron chi connectivity index (χ4n) is 4.11. The van der Waals surface area contributed by atoms with Crippen LogP contribution in [0.15, 0.2) is 29.2 Å². The number of halogens is 1. The van der Waals surface area contributed by atoms with E-state index in [4.69, 9.17) is 5.73 Å². The maximum absolute atomic E-state index is 13.0. The lowest BCUT2D eigenvalue weighted by Gasteiger charge is -2.30. The highest BCUT2D eigenvalue weighted by Crippen LogP contribution is 2.27. The summed E-state index contributed by atoms with van der Waals surface area (Å²) >= 11 is 0. The van der Waals surface area contributed by atoms with E-state index in [0.717, 1.165) is 38.5 Å². The Kier molecular flexibility index (Phi) is 7.68. The lowest BCUT2D eigenvalue weighted by Crippen LogP contribution is -2.40. The fraction of sp³-hybridized carbons (Fsp3) is 0.632. The van der Waals surface area contributed by atoms with Crippen LogP contribution >= 0.6 is 12.4 Å². The molecular weight excluding hydrogens is 386 g/mol. The minimum atomic E-state index is -3.60. The number of hydrogen-bond acceptors (Lipinski definition) is 4. The molecule has 1 saturated heterocycles. The predicted octanol–water partition coefficient (Wildman–Crippen LogP) is 2.62. The molecule has 1 aromatic rings. The average molecular weight is 416 g/mol. The number of likely N-dealkylation sites (tertiary alicyclic amines) is 1. The molecule has 2 fully saturated rings. The first kappa shape index (κ1) is 22.1. The summed E-state index contributed by atoms with van der Waals surface area (Å²) in [4.78, 5) is 14.8. The third-order valence-electron chi connectivity index (χ3n) is 5.76. The first-order valence-corrected chi connectivity index (χ1v) is 11.0. The first-order chi connectivity index (χ1) is 12.4. The molecule has 27 heavy (non-hydrogen) atoms. The van der Waals surface area contributed by atoms with E-state index in [0.29, 0.717) is 18.7 Å². The molecular formula is C19H30ClN3O3S. The van der Waals surface area contributed by atoms with Gasteiger partial charge >= 0.3 is 0 Å². The monoisotopic (exact) mass is 415 g/mol. The second-order valence-corrected chi connectivity index (χ2v) is 9.37. The second-order valence-electron chi connectivity index (χ2n) is 7.37. The highest BCUT2D eigenvalue weighted by molar-refractivity contribution is 7.89. The van der Waals surface area contributed by atoms with Crippen LogP contribution in [-0.4, -0.2) is 55.8 Å². The molecule has 0 bridgehead atoms. The number of benzene rings is 1. The average Bonchev–Trinajstić information content (AvgIpc) is 3.16. The molecule has 1 aliphatic carbocycles. The molecule has 1 atom stereocenters. The Hall–Kier alpha value is -1.15. The molecule has 1 amide bonds. The number of sulfonamides is 1. The number of carbonyl (C=O) groups is 1. The van der Waals surface area contributed by atoms with Gasteiger partial charge in [-0.15, -0.1) is 12.4 Å². The standard InChI is InChI=1S/C19H29N3O3S.ClH/c1-21(16-8-3-2-4-9-16)26(24,25)18-11-5-7-15(13-18)19(23)22-12-6-10-17(22)14-20;/h5,7,11,13,16-17H,2-4,6,8-10,12,14,20H2,1H3;1H. The van der Waals surface area contributed by atoms with Gasteiger partial charge in [-0.05, 0) is 43.9 Å². The molecule has 2 aliphatic rings. The summed E-state index contributed by atoms with van der Waals surface area (Å²) in [5.74, 6) is -0.129. The highest BCUT2D eigenvalue weighted by atomic mass is 35.5. The van der Waals surface area contributed by atoms with E-state index in [1.54, 1.807) is 30.1 Å². The van der Waals surface area contributed by atoms with Gasteiger partial charge in [-0.1, -0.05) is 25.3 Å². The number of nitrogens with two attached hydrogens (primary N) is 1. The molecule has 8 heteroatoms. The van der Waals surface area contributed by atoms with Crippen molar-refractivity contribution in [1.29, 1.82) is 0 Å². The quantitative estimate of drug-likeness (QED) is 0.801. The normalized spacial score (nSPS) is 21.3. The molecule has 6 nitrogen and oxygen atoms in total. The molecule has 3 rings (SSSR count). The van der Waals surface area contributed by atoms with E-state index in [2.05, 4.69) is 0 Å². The first-order valence-electron chi connectivity index (χ1n) is 9.54. The summed E-state index contributed by atoms with van der Waals surface area (Å²) in [5.41, 5.74) is 6.18. The van der Waals surface area contributed by atoms with Crippen molar-refractivity contribution < 1.29 is 13.2 Å². The van der Waals surface area contributed by atoms with Crippen LogP contribution in [0.2, 0.25) is 0 Å². The van der Waals surface area contributed by atoms with Gasteiger partial charge in [0.2, 0.25) is 10.0 Å². The maximum Gasteiger partial charge on any atom is 0.254 e. The number of hydrogen-bond donors (Lipinski definition) is 1. The van der Waals surface area contributed by atoms with Gasteiger partial charge in [0.25, 0.3) is 5.91 Å². The third-order valence-corrected chi connectivity index (χ3v) is 7.66. The Bertz CT molecular complexity index is 750. The van der Waals surface area contributed by atoms with Crippen LogP contribution < -0.4 is 5.73 Å². The van der Waals surface area contributed by atoms with Crippen molar-refractivity contribution >= 4 is 28.3 Å². The summed E-state index contributed by atoms with van der Waals surface area (Å²) in [5, 5.41) is 0. The molecule has 2 N–H and O–H groups in total. The Morgan fingerprint density at radius 2 is 1.89 bits per heavy atom. The van der Waals surface area contributed by atoms with Crippen molar-refractivity contribution in [1.82, 2.24) is 9.21 Å². The van der Waals surface area contributed by atoms with Gasteiger partial charge in [-0.25, -0.2) is 8.42 Å². The van der Waals surface area contributed by atoms with Gasteiger partial charge in [0, 0.05) is 37.8 Å². The van der Waals surface area contributed by atoms with Gasteiger partial charge < -0.3 is 10.6 Å². The van der Waals surface area contributed by atoms with Gasteiger partial charge in [-0.3, -0.25) is 4.79 Å². The van der Waals surface area contributed by atoms with Gasteiger partial charge in [0.15, 0.2) is 0 Å². The largest absolute Gasteiger partial charge is 0.334 e. The molecule has 1 heterocycles. The zero-order valence-corrected chi connectivity index (χ0v) is 17.5. The minimum Gasteiger partial charge on any atom is -0.334 e. The molecule has 1 aromatic carbocycles. The number of carbonyl (C=O) groups excluding carboxylic acids is 1. The number of nitrogens with zero attached hydrogens (tertiary/aromatic N) is 2. The Morgan fingerprint density at radius 3 is 2.56 bits per heavy atom. The fourth-order valence-corrected chi connectivity index (χ4v) is 5.57. The van der Waals surface area contributed by atoms with Crippen molar-refractivity contribution in [2.24, 2.45) is 5.73 Å². The molecule has 152 valence electrons. The zero-order valence-electron chi connectivity index (χ0n) is 15.8. The van der Waals surface area contributed by atoms with Crippen LogP contribution in [0, 0.1) is 0 Å². The zero-order chi connectivity index (χ0) is 18.7. The van der Waals surface area contributed by atoms with Crippen LogP contribution in [0.1, 0.15) is 55.3 Å². The van der Waals surface area contributed by atoms with Crippen molar-refractivity contribution in [3.05, 3.63) is 29.8 Å². The van der Waals surface area contributed by atoms with Gasteiger partial charge in [0.1, 0.15) is 0 Å². The van der Waals surface area contributed by atoms with Crippen molar-refractivity contribution in [3.63, 3.8) is 0 Å². The Morgan fingerprint density at radius 1 is 1.19 bits per heavy atom. The minimum absolute atomic E-state index is 0. The molecule has 1 aliphatic heterocycles. The summed E-state index contributed by atoms with van der Waals surface area (Å²) in [6.45, 7) is 1.12. The van der Waals surface area contributed by atoms with Crippen LogP contribution in [0.3, 0.4) is 0 Å². The van der Waals surface area contributed by atoms with Crippen molar-refractivity contribution in [2.75, 3.05) is 20.1 Å². The van der Waals surface area contributed by atoms with Crippen LogP contribution in [0.4, 0.5) is 0 Å².